The number of rotatable bonds is 4. The van der Waals surface area contributed by atoms with Crippen molar-refractivity contribution in [2.75, 3.05) is 6.54 Å². The lowest BCUT2D eigenvalue weighted by Crippen LogP contribution is -2.59. The van der Waals surface area contributed by atoms with Crippen molar-refractivity contribution >= 4 is 5.91 Å². The normalized spacial score (nSPS) is 22.4. The third-order valence-electron chi connectivity index (χ3n) is 6.17. The molecule has 1 amide bonds. The van der Waals surface area contributed by atoms with Crippen LogP contribution in [-0.2, 0) is 0 Å². The smallest absolute Gasteiger partial charge is 0.273 e. The molecule has 0 spiro atoms. The zero-order valence-corrected chi connectivity index (χ0v) is 17.7. The van der Waals surface area contributed by atoms with Crippen LogP contribution in [0.4, 0.5) is 0 Å². The molecule has 5 heterocycles. The minimum atomic E-state index is -0.0812. The number of ether oxygens (including phenoxy) is 1. The van der Waals surface area contributed by atoms with Gasteiger partial charge in [-0.05, 0) is 62.3 Å². The molecule has 7 heteroatoms. The summed E-state index contributed by atoms with van der Waals surface area (Å²) >= 11 is 0. The molecule has 3 aliphatic rings. The lowest BCUT2D eigenvalue weighted by Gasteiger charge is -2.49. The Morgan fingerprint density at radius 1 is 1.03 bits per heavy atom. The van der Waals surface area contributed by atoms with Crippen LogP contribution < -0.4 is 4.74 Å². The van der Waals surface area contributed by atoms with E-state index < -0.39 is 0 Å². The first-order chi connectivity index (χ1) is 15.1. The molecular weight excluding hydrogens is 390 g/mol. The van der Waals surface area contributed by atoms with Gasteiger partial charge in [-0.3, -0.25) is 9.78 Å². The fourth-order valence-electron chi connectivity index (χ4n) is 4.66. The Balaban J connectivity index is 1.44. The maximum atomic E-state index is 13.7. The van der Waals surface area contributed by atoms with Crippen LogP contribution in [0, 0.1) is 19.8 Å². The number of aromatic nitrogens is 4. The maximum absolute atomic E-state index is 13.7. The molecule has 3 aromatic heterocycles. The fourth-order valence-corrected chi connectivity index (χ4v) is 4.66. The minimum absolute atomic E-state index is 0.00764. The number of carbonyl (C=O) groups is 1. The van der Waals surface area contributed by atoms with Gasteiger partial charge in [0.05, 0.1) is 11.6 Å². The highest BCUT2D eigenvalue weighted by Gasteiger charge is 2.45. The molecule has 0 radical (unpaired) electrons. The summed E-state index contributed by atoms with van der Waals surface area (Å²) in [7, 11) is 0. The highest BCUT2D eigenvalue weighted by Crippen LogP contribution is 2.38. The van der Waals surface area contributed by atoms with Gasteiger partial charge in [-0.25, -0.2) is 15.0 Å². The standard InChI is InChI=1S/C24H25N5O2/c1-15-4-7-21(27-12-15)31-20-11-17-5-6-19(20)29(14-17)24(30)22-18(10-16(2)13-28-22)23-25-8-3-9-26-23/h3-4,7-10,12-13,17,19-20H,5-6,11,14H2,1-2H3/t17-,19-,20+/m0/s1. The Labute approximate surface area is 181 Å². The first kappa shape index (κ1) is 19.6. The van der Waals surface area contributed by atoms with E-state index in [2.05, 4.69) is 19.9 Å². The summed E-state index contributed by atoms with van der Waals surface area (Å²) in [6.45, 7) is 4.69. The molecule has 2 aliphatic heterocycles. The van der Waals surface area contributed by atoms with E-state index in [-0.39, 0.29) is 18.1 Å². The van der Waals surface area contributed by atoms with Crippen LogP contribution in [0.1, 0.15) is 40.9 Å². The minimum Gasteiger partial charge on any atom is -0.472 e. The summed E-state index contributed by atoms with van der Waals surface area (Å²) in [5.74, 6) is 1.47. The number of fused-ring (bicyclic) bond motifs is 3. The van der Waals surface area contributed by atoms with Gasteiger partial charge in [0.1, 0.15) is 11.8 Å². The zero-order chi connectivity index (χ0) is 21.4. The van der Waals surface area contributed by atoms with Crippen LogP contribution in [0.15, 0.2) is 49.1 Å². The molecule has 158 valence electrons. The number of amides is 1. The second-order valence-electron chi connectivity index (χ2n) is 8.52. The molecule has 0 N–H and O–H groups in total. The molecule has 6 rings (SSSR count). The lowest BCUT2D eigenvalue weighted by molar-refractivity contribution is -0.0315. The monoisotopic (exact) mass is 415 g/mol. The van der Waals surface area contributed by atoms with Gasteiger partial charge >= 0.3 is 0 Å². The number of carbonyl (C=O) groups excluding carboxylic acids is 1. The van der Waals surface area contributed by atoms with E-state index in [1.54, 1.807) is 24.7 Å². The van der Waals surface area contributed by atoms with E-state index >= 15 is 0 Å². The summed E-state index contributed by atoms with van der Waals surface area (Å²) in [6, 6.07) is 7.60. The lowest BCUT2D eigenvalue weighted by atomic mass is 9.77. The van der Waals surface area contributed by atoms with Crippen molar-refractivity contribution < 1.29 is 9.53 Å². The molecule has 1 aliphatic carbocycles. The van der Waals surface area contributed by atoms with Gasteiger partial charge in [-0.2, -0.15) is 0 Å². The number of pyridine rings is 2. The van der Waals surface area contributed by atoms with Crippen LogP contribution in [-0.4, -0.2) is 49.4 Å². The van der Waals surface area contributed by atoms with Crippen molar-refractivity contribution in [2.45, 2.75) is 45.3 Å². The third kappa shape index (κ3) is 3.87. The van der Waals surface area contributed by atoms with E-state index in [1.165, 1.54) is 0 Å². The Hall–Kier alpha value is -3.35. The zero-order valence-electron chi connectivity index (χ0n) is 17.7. The average Bonchev–Trinajstić information content (AvgIpc) is 2.81. The summed E-state index contributed by atoms with van der Waals surface area (Å²) in [5, 5.41) is 0. The molecule has 3 atom stereocenters. The van der Waals surface area contributed by atoms with Crippen LogP contribution >= 0.6 is 0 Å². The van der Waals surface area contributed by atoms with Gasteiger partial charge in [0.25, 0.3) is 5.91 Å². The summed E-state index contributed by atoms with van der Waals surface area (Å²) in [6.07, 6.45) is 9.82. The molecule has 3 fully saturated rings. The number of nitrogens with zero attached hydrogens (tertiary/aromatic N) is 5. The van der Waals surface area contributed by atoms with Crippen LogP contribution in [0.5, 0.6) is 5.88 Å². The molecule has 31 heavy (non-hydrogen) atoms. The van der Waals surface area contributed by atoms with Crippen molar-refractivity contribution in [1.29, 1.82) is 0 Å². The summed E-state index contributed by atoms with van der Waals surface area (Å²) < 4.78 is 6.24. The van der Waals surface area contributed by atoms with Gasteiger partial charge in [-0.15, -0.1) is 0 Å². The van der Waals surface area contributed by atoms with E-state index in [4.69, 9.17) is 4.74 Å². The number of aryl methyl sites for hydroxylation is 2. The topological polar surface area (TPSA) is 81.1 Å². The average molecular weight is 415 g/mol. The van der Waals surface area contributed by atoms with E-state index in [0.717, 1.165) is 36.9 Å². The van der Waals surface area contributed by atoms with Crippen molar-refractivity contribution in [3.63, 3.8) is 0 Å². The predicted octanol–water partition coefficient (Wildman–Crippen LogP) is 3.62. The Bertz CT molecular complexity index is 1090. The highest BCUT2D eigenvalue weighted by molar-refractivity contribution is 5.98. The Morgan fingerprint density at radius 2 is 1.84 bits per heavy atom. The number of piperidine rings is 2. The van der Waals surface area contributed by atoms with Gasteiger partial charge in [0.2, 0.25) is 5.88 Å². The molecular formula is C24H25N5O2. The van der Waals surface area contributed by atoms with Gasteiger partial charge in [-0.1, -0.05) is 6.07 Å². The molecule has 0 aromatic carbocycles. The van der Waals surface area contributed by atoms with Gasteiger partial charge < -0.3 is 9.64 Å². The van der Waals surface area contributed by atoms with E-state index in [1.807, 2.05) is 43.1 Å². The molecule has 2 bridgehead atoms. The summed E-state index contributed by atoms with van der Waals surface area (Å²) in [5.41, 5.74) is 3.13. The van der Waals surface area contributed by atoms with Gasteiger partial charge in [0.15, 0.2) is 5.82 Å². The van der Waals surface area contributed by atoms with Crippen LogP contribution in [0.2, 0.25) is 0 Å². The predicted molar refractivity (Wildman–Crippen MR) is 116 cm³/mol. The summed E-state index contributed by atoms with van der Waals surface area (Å²) in [4.78, 5) is 33.2. The number of hydrogen-bond donors (Lipinski definition) is 0. The number of hydrogen-bond acceptors (Lipinski definition) is 6. The SMILES string of the molecule is Cc1ccc(O[C@@H]2C[C@@H]3CC[C@@H]2N(C(=O)c2ncc(C)cc2-c2ncccn2)C3)nc1. The van der Waals surface area contributed by atoms with Crippen molar-refractivity contribution in [3.8, 4) is 17.3 Å². The fraction of sp³-hybridized carbons (Fsp3) is 0.375. The van der Waals surface area contributed by atoms with Crippen molar-refractivity contribution in [3.05, 3.63) is 65.9 Å². The van der Waals surface area contributed by atoms with Crippen molar-refractivity contribution in [1.82, 2.24) is 24.8 Å². The van der Waals surface area contributed by atoms with Crippen molar-refractivity contribution in [2.24, 2.45) is 5.92 Å². The largest absolute Gasteiger partial charge is 0.472 e. The third-order valence-corrected chi connectivity index (χ3v) is 6.17. The van der Waals surface area contributed by atoms with E-state index in [0.29, 0.717) is 28.9 Å². The second-order valence-corrected chi connectivity index (χ2v) is 8.52. The van der Waals surface area contributed by atoms with Gasteiger partial charge in [0, 0.05) is 37.4 Å². The quantitative estimate of drug-likeness (QED) is 0.647. The van der Waals surface area contributed by atoms with Crippen LogP contribution in [0.3, 0.4) is 0 Å². The highest BCUT2D eigenvalue weighted by atomic mass is 16.5. The first-order valence-corrected chi connectivity index (χ1v) is 10.7. The maximum Gasteiger partial charge on any atom is 0.273 e. The van der Waals surface area contributed by atoms with E-state index in [9.17, 15) is 4.79 Å². The molecule has 7 nitrogen and oxygen atoms in total. The Morgan fingerprint density at radius 3 is 2.58 bits per heavy atom. The molecule has 0 unspecified atom stereocenters. The molecule has 3 aromatic rings. The first-order valence-electron chi connectivity index (χ1n) is 10.7. The second kappa shape index (κ2) is 8.06. The van der Waals surface area contributed by atoms with Crippen LogP contribution in [0.25, 0.3) is 11.4 Å². The Kier molecular flexibility index (Phi) is 5.10. The molecule has 1 saturated carbocycles. The molecule has 2 saturated heterocycles.